The summed E-state index contributed by atoms with van der Waals surface area (Å²) in [5.41, 5.74) is 2.58. The monoisotopic (exact) mass is 266 g/mol. The summed E-state index contributed by atoms with van der Waals surface area (Å²) in [5.74, 6) is 0.327. The maximum atomic E-state index is 9.44. The van der Waals surface area contributed by atoms with Crippen LogP contribution < -0.4 is 0 Å². The van der Waals surface area contributed by atoms with Gasteiger partial charge in [-0.05, 0) is 37.7 Å². The molecule has 0 aromatic heterocycles. The van der Waals surface area contributed by atoms with Gasteiger partial charge < -0.3 is 14.6 Å². The number of ether oxygens (including phenoxy) is 2. The molecule has 19 heavy (non-hydrogen) atoms. The van der Waals surface area contributed by atoms with Crippen LogP contribution in [0.3, 0.4) is 0 Å². The van der Waals surface area contributed by atoms with E-state index in [1.807, 2.05) is 0 Å². The molecule has 1 unspecified atom stereocenters. The second kappa shape index (κ2) is 9.96. The number of benzene rings is 1. The highest BCUT2D eigenvalue weighted by Gasteiger charge is 2.08. The third kappa shape index (κ3) is 7.31. The van der Waals surface area contributed by atoms with Crippen LogP contribution in [0.5, 0.6) is 0 Å². The molecule has 108 valence electrons. The second-order valence-corrected chi connectivity index (χ2v) is 4.99. The molecule has 0 aliphatic carbocycles. The van der Waals surface area contributed by atoms with Gasteiger partial charge in [0.25, 0.3) is 0 Å². The lowest BCUT2D eigenvalue weighted by Gasteiger charge is -2.14. The highest BCUT2D eigenvalue weighted by molar-refractivity contribution is 5.22. The lowest BCUT2D eigenvalue weighted by atomic mass is 9.95. The topological polar surface area (TPSA) is 38.7 Å². The number of hydrogen-bond acceptors (Lipinski definition) is 3. The third-order valence-electron chi connectivity index (χ3n) is 3.20. The Morgan fingerprint density at radius 3 is 2.74 bits per heavy atom. The van der Waals surface area contributed by atoms with Gasteiger partial charge in [0.05, 0.1) is 13.2 Å². The largest absolute Gasteiger partial charge is 0.396 e. The first-order valence-corrected chi connectivity index (χ1v) is 6.99. The van der Waals surface area contributed by atoms with Crippen LogP contribution in [0.25, 0.3) is 0 Å². The van der Waals surface area contributed by atoms with Crippen molar-refractivity contribution < 1.29 is 14.6 Å². The predicted molar refractivity (Wildman–Crippen MR) is 77.4 cm³/mol. The van der Waals surface area contributed by atoms with Crippen LogP contribution in [0.1, 0.15) is 24.0 Å². The lowest BCUT2D eigenvalue weighted by molar-refractivity contribution is 0.0657. The molecular formula is C16H26O3. The second-order valence-electron chi connectivity index (χ2n) is 4.99. The van der Waals surface area contributed by atoms with E-state index in [4.69, 9.17) is 9.47 Å². The van der Waals surface area contributed by atoms with E-state index in [1.54, 1.807) is 7.11 Å². The fourth-order valence-electron chi connectivity index (χ4n) is 2.15. The molecule has 0 bridgehead atoms. The smallest absolute Gasteiger partial charge is 0.0700 e. The number of aliphatic hydroxyl groups excluding tert-OH is 1. The summed E-state index contributed by atoms with van der Waals surface area (Å²) in [6.07, 6.45) is 2.93. The minimum Gasteiger partial charge on any atom is -0.396 e. The molecule has 0 saturated heterocycles. The Labute approximate surface area is 116 Å². The Morgan fingerprint density at radius 1 is 1.21 bits per heavy atom. The van der Waals surface area contributed by atoms with E-state index in [2.05, 4.69) is 31.2 Å². The van der Waals surface area contributed by atoms with Gasteiger partial charge in [-0.15, -0.1) is 0 Å². The van der Waals surface area contributed by atoms with Crippen molar-refractivity contribution in [3.05, 3.63) is 35.4 Å². The minimum absolute atomic E-state index is 0.242. The summed E-state index contributed by atoms with van der Waals surface area (Å²) in [7, 11) is 1.67. The van der Waals surface area contributed by atoms with Crippen LogP contribution in [0, 0.1) is 12.8 Å². The van der Waals surface area contributed by atoms with Crippen molar-refractivity contribution in [2.24, 2.45) is 5.92 Å². The molecule has 1 N–H and O–H groups in total. The molecule has 0 heterocycles. The van der Waals surface area contributed by atoms with Crippen LogP contribution in [0.4, 0.5) is 0 Å². The van der Waals surface area contributed by atoms with E-state index in [1.165, 1.54) is 11.1 Å². The Morgan fingerprint density at radius 2 is 2.05 bits per heavy atom. The highest BCUT2D eigenvalue weighted by atomic mass is 16.5. The van der Waals surface area contributed by atoms with Crippen LogP contribution in [0.15, 0.2) is 24.3 Å². The van der Waals surface area contributed by atoms with E-state index < -0.39 is 0 Å². The van der Waals surface area contributed by atoms with Gasteiger partial charge in [-0.3, -0.25) is 0 Å². The molecule has 0 saturated carbocycles. The highest BCUT2D eigenvalue weighted by Crippen LogP contribution is 2.15. The fourth-order valence-corrected chi connectivity index (χ4v) is 2.15. The number of methoxy groups -OCH3 is 1. The Balaban J connectivity index is 2.22. The molecule has 3 nitrogen and oxygen atoms in total. The SMILES string of the molecule is COCCOCCCC(CO)Cc1cccc(C)c1. The number of aryl methyl sites for hydroxylation is 1. The van der Waals surface area contributed by atoms with Crippen LogP contribution in [-0.4, -0.2) is 38.6 Å². The molecular weight excluding hydrogens is 240 g/mol. The van der Waals surface area contributed by atoms with Gasteiger partial charge in [0.1, 0.15) is 0 Å². The first-order valence-electron chi connectivity index (χ1n) is 6.99. The maximum absolute atomic E-state index is 9.44. The van der Waals surface area contributed by atoms with E-state index in [0.29, 0.717) is 19.1 Å². The minimum atomic E-state index is 0.242. The van der Waals surface area contributed by atoms with Gasteiger partial charge in [0, 0.05) is 20.3 Å². The molecule has 3 heteroatoms. The van der Waals surface area contributed by atoms with Crippen molar-refractivity contribution in [3.8, 4) is 0 Å². The average Bonchev–Trinajstić information content (AvgIpc) is 2.41. The lowest BCUT2D eigenvalue weighted by Crippen LogP contribution is -2.11. The summed E-state index contributed by atoms with van der Waals surface area (Å²) in [5, 5.41) is 9.44. The molecule has 1 aromatic carbocycles. The van der Waals surface area contributed by atoms with Gasteiger partial charge in [0.15, 0.2) is 0 Å². The zero-order valence-corrected chi connectivity index (χ0v) is 12.1. The first kappa shape index (κ1) is 16.2. The van der Waals surface area contributed by atoms with Crippen molar-refractivity contribution in [1.29, 1.82) is 0 Å². The Kier molecular flexibility index (Phi) is 8.47. The Bertz CT molecular complexity index is 339. The van der Waals surface area contributed by atoms with Gasteiger partial charge in [0.2, 0.25) is 0 Å². The summed E-state index contributed by atoms with van der Waals surface area (Å²) in [6, 6.07) is 8.50. The number of aliphatic hydroxyl groups is 1. The summed E-state index contributed by atoms with van der Waals surface area (Å²) >= 11 is 0. The molecule has 0 amide bonds. The van der Waals surface area contributed by atoms with Crippen molar-refractivity contribution >= 4 is 0 Å². The molecule has 1 rings (SSSR count). The molecule has 0 aliphatic heterocycles. The standard InChI is InChI=1S/C16H26O3/c1-14-5-3-6-15(11-14)12-16(13-17)7-4-8-19-10-9-18-2/h3,5-6,11,16-17H,4,7-10,12-13H2,1-2H3. The van der Waals surface area contributed by atoms with Crippen LogP contribution in [0.2, 0.25) is 0 Å². The normalized spacial score (nSPS) is 12.6. The van der Waals surface area contributed by atoms with Gasteiger partial charge in [-0.2, -0.15) is 0 Å². The van der Waals surface area contributed by atoms with Crippen LogP contribution >= 0.6 is 0 Å². The number of hydrogen-bond donors (Lipinski definition) is 1. The zero-order valence-electron chi connectivity index (χ0n) is 12.1. The van der Waals surface area contributed by atoms with Gasteiger partial charge in [-0.25, -0.2) is 0 Å². The van der Waals surface area contributed by atoms with E-state index in [9.17, 15) is 5.11 Å². The molecule has 0 aliphatic rings. The van der Waals surface area contributed by atoms with E-state index in [-0.39, 0.29) is 6.61 Å². The number of rotatable bonds is 10. The first-order chi connectivity index (χ1) is 9.26. The van der Waals surface area contributed by atoms with Crippen molar-refractivity contribution in [3.63, 3.8) is 0 Å². The maximum Gasteiger partial charge on any atom is 0.0700 e. The van der Waals surface area contributed by atoms with Gasteiger partial charge in [-0.1, -0.05) is 29.8 Å². The molecule has 0 spiro atoms. The fraction of sp³-hybridized carbons (Fsp3) is 0.625. The summed E-state index contributed by atoms with van der Waals surface area (Å²) in [6.45, 7) is 4.38. The average molecular weight is 266 g/mol. The predicted octanol–water partition coefficient (Wildman–Crippen LogP) is 2.59. The van der Waals surface area contributed by atoms with Crippen molar-refractivity contribution in [2.75, 3.05) is 33.5 Å². The quantitative estimate of drug-likeness (QED) is 0.662. The van der Waals surface area contributed by atoms with Crippen molar-refractivity contribution in [2.45, 2.75) is 26.2 Å². The molecule has 0 radical (unpaired) electrons. The summed E-state index contributed by atoms with van der Waals surface area (Å²) < 4.78 is 10.3. The molecule has 1 atom stereocenters. The van der Waals surface area contributed by atoms with Crippen LogP contribution in [-0.2, 0) is 15.9 Å². The summed E-state index contributed by atoms with van der Waals surface area (Å²) in [4.78, 5) is 0. The molecule has 0 fully saturated rings. The van der Waals surface area contributed by atoms with E-state index >= 15 is 0 Å². The van der Waals surface area contributed by atoms with E-state index in [0.717, 1.165) is 25.9 Å². The Hall–Kier alpha value is -0.900. The van der Waals surface area contributed by atoms with Gasteiger partial charge >= 0.3 is 0 Å². The zero-order chi connectivity index (χ0) is 13.9. The molecule has 1 aromatic rings. The third-order valence-corrected chi connectivity index (χ3v) is 3.20. The van der Waals surface area contributed by atoms with Crippen molar-refractivity contribution in [1.82, 2.24) is 0 Å².